The molecule has 5 rings (SSSR count). The summed E-state index contributed by atoms with van der Waals surface area (Å²) in [4.78, 5) is 46.6. The highest BCUT2D eigenvalue weighted by Gasteiger charge is 2.32. The largest absolute Gasteiger partial charge is 0.497 e. The van der Waals surface area contributed by atoms with Gasteiger partial charge in [0.1, 0.15) is 17.6 Å². The highest BCUT2D eigenvalue weighted by Crippen LogP contribution is 2.25. The normalized spacial score (nSPS) is 19.3. The molecule has 0 aliphatic carbocycles. The Morgan fingerprint density at radius 3 is 2.30 bits per heavy atom. The van der Waals surface area contributed by atoms with Crippen molar-refractivity contribution in [3.63, 3.8) is 0 Å². The van der Waals surface area contributed by atoms with Crippen LogP contribution in [0.1, 0.15) is 56.0 Å². The Hall–Kier alpha value is -4.38. The van der Waals surface area contributed by atoms with Crippen LogP contribution in [-0.4, -0.2) is 85.0 Å². The summed E-state index contributed by atoms with van der Waals surface area (Å²) in [5.74, 6) is -0.448. The maximum absolute atomic E-state index is 15.0. The number of rotatable bonds is 9. The number of nitrogens with one attached hydrogen (secondary N) is 1. The van der Waals surface area contributed by atoms with Gasteiger partial charge in [-0.05, 0) is 73.4 Å². The molecule has 3 aromatic rings. The predicted octanol–water partition coefficient (Wildman–Crippen LogP) is 4.32. The van der Waals surface area contributed by atoms with Gasteiger partial charge < -0.3 is 19.7 Å². The van der Waals surface area contributed by atoms with Crippen molar-refractivity contribution in [3.8, 4) is 11.5 Å². The first-order valence-electron chi connectivity index (χ1n) is 14.7. The zero-order chi connectivity index (χ0) is 31.2. The van der Waals surface area contributed by atoms with E-state index in [1.807, 2.05) is 4.90 Å². The SMILES string of the molecule is COc1ccc(C(=O)C2CCN(C(=O)c3ccc(C(=O)NC4CCN(Cc5ccc(F)c(OC)c5)CC4F)cn3)CC2)cc1. The zero-order valence-corrected chi connectivity index (χ0v) is 24.8. The summed E-state index contributed by atoms with van der Waals surface area (Å²) in [7, 11) is 2.97. The summed E-state index contributed by atoms with van der Waals surface area (Å²) in [6, 6.07) is 14.0. The molecular weight excluding hydrogens is 570 g/mol. The standard InChI is InChI=1S/C33H36F2N4O5/c1-43-25-7-4-22(5-8-25)31(40)23-11-15-39(16-12-23)33(42)29-10-6-24(18-36-29)32(41)37-28-13-14-38(20-27(28)35)19-21-3-9-26(34)30(17-21)44-2/h3-10,17-18,23,27-28H,11-16,19-20H2,1-2H3,(H,37,41). The number of carbonyl (C=O) groups excluding carboxylic acids is 3. The van der Waals surface area contributed by atoms with Crippen LogP contribution in [-0.2, 0) is 6.54 Å². The fourth-order valence-electron chi connectivity index (χ4n) is 5.74. The van der Waals surface area contributed by atoms with Crippen LogP contribution in [0.2, 0.25) is 0 Å². The number of pyridine rings is 1. The summed E-state index contributed by atoms with van der Waals surface area (Å²) in [5.41, 5.74) is 1.88. The van der Waals surface area contributed by atoms with Gasteiger partial charge in [0.15, 0.2) is 17.3 Å². The van der Waals surface area contributed by atoms with Gasteiger partial charge in [-0.2, -0.15) is 0 Å². The van der Waals surface area contributed by atoms with Crippen molar-refractivity contribution in [2.75, 3.05) is 40.4 Å². The van der Waals surface area contributed by atoms with Crippen LogP contribution < -0.4 is 14.8 Å². The van der Waals surface area contributed by atoms with E-state index in [1.165, 1.54) is 31.5 Å². The van der Waals surface area contributed by atoms with E-state index in [0.29, 0.717) is 56.8 Å². The van der Waals surface area contributed by atoms with Crippen LogP contribution in [0.3, 0.4) is 0 Å². The van der Waals surface area contributed by atoms with Crippen LogP contribution in [0.15, 0.2) is 60.8 Å². The van der Waals surface area contributed by atoms with Crippen molar-refractivity contribution in [2.24, 2.45) is 5.92 Å². The van der Waals surface area contributed by atoms with Gasteiger partial charge in [-0.25, -0.2) is 8.78 Å². The molecule has 1 N–H and O–H groups in total. The highest BCUT2D eigenvalue weighted by molar-refractivity contribution is 5.99. The van der Waals surface area contributed by atoms with Gasteiger partial charge in [0.25, 0.3) is 11.8 Å². The first kappa shape index (κ1) is 31.1. The van der Waals surface area contributed by atoms with Crippen molar-refractivity contribution in [1.82, 2.24) is 20.1 Å². The molecule has 9 nitrogen and oxygen atoms in total. The average Bonchev–Trinajstić information content (AvgIpc) is 3.06. The van der Waals surface area contributed by atoms with E-state index in [4.69, 9.17) is 9.47 Å². The predicted molar refractivity (Wildman–Crippen MR) is 159 cm³/mol. The first-order valence-corrected chi connectivity index (χ1v) is 14.7. The quantitative estimate of drug-likeness (QED) is 0.362. The van der Waals surface area contributed by atoms with Crippen molar-refractivity contribution in [1.29, 1.82) is 0 Å². The van der Waals surface area contributed by atoms with Gasteiger partial charge in [0, 0.05) is 50.4 Å². The Kier molecular flexibility index (Phi) is 9.84. The smallest absolute Gasteiger partial charge is 0.272 e. The number of alkyl halides is 1. The van der Waals surface area contributed by atoms with Gasteiger partial charge >= 0.3 is 0 Å². The fraction of sp³-hybridized carbons (Fsp3) is 0.394. The molecule has 0 bridgehead atoms. The number of likely N-dealkylation sites (tertiary alicyclic amines) is 2. The number of benzene rings is 2. The summed E-state index contributed by atoms with van der Waals surface area (Å²) < 4.78 is 38.9. The Balaban J connectivity index is 1.09. The van der Waals surface area contributed by atoms with Crippen molar-refractivity contribution >= 4 is 17.6 Å². The number of amides is 2. The van der Waals surface area contributed by atoms with Gasteiger partial charge in [-0.3, -0.25) is 24.3 Å². The maximum atomic E-state index is 15.0. The molecule has 2 amide bonds. The molecule has 0 radical (unpaired) electrons. The van der Waals surface area contributed by atoms with Gasteiger partial charge in [0.2, 0.25) is 0 Å². The topological polar surface area (TPSA) is 101 Å². The van der Waals surface area contributed by atoms with E-state index in [9.17, 15) is 18.8 Å². The molecule has 2 aliphatic rings. The number of piperidine rings is 2. The molecule has 44 heavy (non-hydrogen) atoms. The Morgan fingerprint density at radius 1 is 0.932 bits per heavy atom. The highest BCUT2D eigenvalue weighted by atomic mass is 19.1. The molecule has 0 spiro atoms. The molecule has 2 aliphatic heterocycles. The molecule has 2 saturated heterocycles. The van der Waals surface area contributed by atoms with Crippen molar-refractivity contribution in [3.05, 3.63) is 89.0 Å². The summed E-state index contributed by atoms with van der Waals surface area (Å²) in [6.45, 7) is 1.98. The monoisotopic (exact) mass is 606 g/mol. The number of halogens is 2. The number of aromatic nitrogens is 1. The lowest BCUT2D eigenvalue weighted by atomic mass is 9.88. The average molecular weight is 607 g/mol. The maximum Gasteiger partial charge on any atom is 0.272 e. The van der Waals surface area contributed by atoms with Gasteiger partial charge in [0.05, 0.1) is 25.8 Å². The third-order valence-corrected chi connectivity index (χ3v) is 8.34. The first-order chi connectivity index (χ1) is 21.2. The van der Waals surface area contributed by atoms with Crippen LogP contribution in [0.5, 0.6) is 11.5 Å². The van der Waals surface area contributed by atoms with E-state index in [0.717, 1.165) is 5.56 Å². The number of ketones is 1. The molecule has 2 fully saturated rings. The van der Waals surface area contributed by atoms with Crippen LogP contribution in [0.4, 0.5) is 8.78 Å². The Labute approximate surface area is 255 Å². The molecule has 11 heteroatoms. The van der Waals surface area contributed by atoms with Crippen molar-refractivity contribution in [2.45, 2.75) is 38.0 Å². The summed E-state index contributed by atoms with van der Waals surface area (Å²) in [5, 5.41) is 2.76. The minimum absolute atomic E-state index is 0.0583. The molecule has 2 aromatic carbocycles. The van der Waals surface area contributed by atoms with E-state index in [-0.39, 0.29) is 41.2 Å². The molecule has 2 unspecified atom stereocenters. The third kappa shape index (κ3) is 7.21. The van der Waals surface area contributed by atoms with E-state index < -0.39 is 23.9 Å². The van der Waals surface area contributed by atoms with Gasteiger partial charge in [-0.1, -0.05) is 6.07 Å². The molecule has 0 saturated carbocycles. The van der Waals surface area contributed by atoms with Crippen LogP contribution in [0, 0.1) is 11.7 Å². The van der Waals surface area contributed by atoms with Crippen molar-refractivity contribution < 1.29 is 32.6 Å². The second-order valence-corrected chi connectivity index (χ2v) is 11.2. The summed E-state index contributed by atoms with van der Waals surface area (Å²) in [6.07, 6.45) is 1.55. The third-order valence-electron chi connectivity index (χ3n) is 8.34. The Morgan fingerprint density at radius 2 is 1.66 bits per heavy atom. The summed E-state index contributed by atoms with van der Waals surface area (Å²) >= 11 is 0. The number of hydrogen-bond acceptors (Lipinski definition) is 7. The zero-order valence-electron chi connectivity index (χ0n) is 24.8. The van der Waals surface area contributed by atoms with E-state index in [1.54, 1.807) is 48.4 Å². The number of methoxy groups -OCH3 is 2. The second kappa shape index (κ2) is 13.9. The minimum Gasteiger partial charge on any atom is -0.497 e. The van der Waals surface area contributed by atoms with E-state index in [2.05, 4.69) is 10.3 Å². The molecule has 232 valence electrons. The second-order valence-electron chi connectivity index (χ2n) is 11.2. The lowest BCUT2D eigenvalue weighted by Crippen LogP contribution is -2.52. The molecule has 2 atom stereocenters. The van der Waals surface area contributed by atoms with E-state index >= 15 is 4.39 Å². The lowest BCUT2D eigenvalue weighted by molar-refractivity contribution is 0.0645. The Bertz CT molecular complexity index is 1480. The number of Topliss-reactive ketones (excluding diaryl/α,β-unsaturated/α-hetero) is 1. The number of hydrogen-bond donors (Lipinski definition) is 1. The number of ether oxygens (including phenoxy) is 2. The van der Waals surface area contributed by atoms with Gasteiger partial charge in [-0.15, -0.1) is 0 Å². The molecular formula is C33H36F2N4O5. The minimum atomic E-state index is -1.29. The number of nitrogens with zero attached hydrogens (tertiary/aromatic N) is 3. The number of carbonyl (C=O) groups is 3. The molecule has 1 aromatic heterocycles. The van der Waals surface area contributed by atoms with Crippen LogP contribution >= 0.6 is 0 Å². The fourth-order valence-corrected chi connectivity index (χ4v) is 5.74. The van der Waals surface area contributed by atoms with Crippen LogP contribution in [0.25, 0.3) is 0 Å². The molecule has 3 heterocycles. The lowest BCUT2D eigenvalue weighted by Gasteiger charge is -2.35.